The van der Waals surface area contributed by atoms with Crippen molar-refractivity contribution in [2.45, 2.75) is 39.2 Å². The molecular formula is C16H24N2O2. The number of amides is 1. The number of likely N-dealkylation sites (tertiary alicyclic amines) is 1. The van der Waals surface area contributed by atoms with Gasteiger partial charge in [-0.1, -0.05) is 6.07 Å². The fraction of sp³-hybridized carbons (Fsp3) is 0.562. The molecule has 2 N–H and O–H groups in total. The molecule has 4 heteroatoms. The summed E-state index contributed by atoms with van der Waals surface area (Å²) in [6.07, 6.45) is 2.25. The lowest BCUT2D eigenvalue weighted by molar-refractivity contribution is -0.132. The zero-order chi connectivity index (χ0) is 14.5. The van der Waals surface area contributed by atoms with Gasteiger partial charge in [0.25, 0.3) is 0 Å². The minimum atomic E-state index is 0.167. The van der Waals surface area contributed by atoms with Crippen LogP contribution in [0.4, 0.5) is 0 Å². The number of rotatable bonds is 4. The van der Waals surface area contributed by atoms with E-state index in [1.54, 1.807) is 0 Å². The lowest BCUT2D eigenvalue weighted by Crippen LogP contribution is -2.43. The number of aryl methyl sites for hydroxylation is 2. The highest BCUT2D eigenvalue weighted by Gasteiger charge is 2.20. The van der Waals surface area contributed by atoms with Crippen molar-refractivity contribution in [1.82, 2.24) is 4.90 Å². The van der Waals surface area contributed by atoms with Crippen LogP contribution in [-0.4, -0.2) is 36.5 Å². The Balaban J connectivity index is 1.75. The molecular weight excluding hydrogens is 252 g/mol. The molecule has 1 aliphatic rings. The van der Waals surface area contributed by atoms with Gasteiger partial charge in [-0.05, 0) is 49.9 Å². The first kappa shape index (κ1) is 14.9. The average molecular weight is 276 g/mol. The molecule has 0 aromatic heterocycles. The minimum absolute atomic E-state index is 0.167. The van der Waals surface area contributed by atoms with E-state index in [1.165, 1.54) is 11.1 Å². The summed E-state index contributed by atoms with van der Waals surface area (Å²) in [5, 5.41) is 0. The van der Waals surface area contributed by atoms with Gasteiger partial charge in [0.05, 0.1) is 13.0 Å². The predicted molar refractivity (Wildman–Crippen MR) is 79.8 cm³/mol. The number of piperidine rings is 1. The highest BCUT2D eigenvalue weighted by atomic mass is 16.5. The molecule has 0 aliphatic carbocycles. The molecule has 0 radical (unpaired) electrons. The summed E-state index contributed by atoms with van der Waals surface area (Å²) in [5.74, 6) is 1.00. The SMILES string of the molecule is Cc1ccc(OCCC(=O)N2CCC(N)CC2)cc1C. The van der Waals surface area contributed by atoms with Crippen molar-refractivity contribution in [2.24, 2.45) is 5.73 Å². The number of hydrogen-bond donors (Lipinski definition) is 1. The van der Waals surface area contributed by atoms with Crippen LogP contribution >= 0.6 is 0 Å². The van der Waals surface area contributed by atoms with Gasteiger partial charge in [0.1, 0.15) is 5.75 Å². The topological polar surface area (TPSA) is 55.6 Å². The number of nitrogens with two attached hydrogens (primary N) is 1. The average Bonchev–Trinajstić information content (AvgIpc) is 2.43. The maximum Gasteiger partial charge on any atom is 0.225 e. The van der Waals surface area contributed by atoms with E-state index in [9.17, 15) is 4.79 Å². The summed E-state index contributed by atoms with van der Waals surface area (Å²) in [5.41, 5.74) is 8.29. The molecule has 1 amide bonds. The molecule has 4 nitrogen and oxygen atoms in total. The number of carbonyl (C=O) groups is 1. The largest absolute Gasteiger partial charge is 0.493 e. The second-order valence-electron chi connectivity index (χ2n) is 5.56. The van der Waals surface area contributed by atoms with Crippen LogP contribution in [0.1, 0.15) is 30.4 Å². The van der Waals surface area contributed by atoms with Crippen LogP contribution < -0.4 is 10.5 Å². The maximum atomic E-state index is 12.0. The molecule has 0 atom stereocenters. The van der Waals surface area contributed by atoms with Crippen LogP contribution in [-0.2, 0) is 4.79 Å². The highest BCUT2D eigenvalue weighted by molar-refractivity contribution is 5.76. The van der Waals surface area contributed by atoms with Crippen LogP contribution in [0.15, 0.2) is 18.2 Å². The van der Waals surface area contributed by atoms with Crippen molar-refractivity contribution in [1.29, 1.82) is 0 Å². The van der Waals surface area contributed by atoms with E-state index in [0.717, 1.165) is 31.7 Å². The minimum Gasteiger partial charge on any atom is -0.493 e. The molecule has 0 bridgehead atoms. The number of ether oxygens (including phenoxy) is 1. The van der Waals surface area contributed by atoms with Gasteiger partial charge >= 0.3 is 0 Å². The highest BCUT2D eigenvalue weighted by Crippen LogP contribution is 2.17. The molecule has 1 aliphatic heterocycles. The second-order valence-corrected chi connectivity index (χ2v) is 5.56. The Kier molecular flexibility index (Phi) is 5.01. The van der Waals surface area contributed by atoms with Gasteiger partial charge in [0.2, 0.25) is 5.91 Å². The van der Waals surface area contributed by atoms with Gasteiger partial charge in [0, 0.05) is 19.1 Å². The first-order chi connectivity index (χ1) is 9.56. The number of nitrogens with zero attached hydrogens (tertiary/aromatic N) is 1. The summed E-state index contributed by atoms with van der Waals surface area (Å²) in [7, 11) is 0. The smallest absolute Gasteiger partial charge is 0.225 e. The molecule has 1 saturated heterocycles. The molecule has 0 unspecified atom stereocenters. The number of benzene rings is 1. The Hall–Kier alpha value is -1.55. The first-order valence-electron chi connectivity index (χ1n) is 7.29. The van der Waals surface area contributed by atoms with E-state index in [4.69, 9.17) is 10.5 Å². The lowest BCUT2D eigenvalue weighted by Gasteiger charge is -2.30. The molecule has 1 fully saturated rings. The summed E-state index contributed by atoms with van der Waals surface area (Å²) >= 11 is 0. The van der Waals surface area contributed by atoms with E-state index in [-0.39, 0.29) is 11.9 Å². The van der Waals surface area contributed by atoms with E-state index in [1.807, 2.05) is 23.1 Å². The van der Waals surface area contributed by atoms with Gasteiger partial charge in [-0.3, -0.25) is 4.79 Å². The van der Waals surface area contributed by atoms with Gasteiger partial charge in [-0.25, -0.2) is 0 Å². The third kappa shape index (κ3) is 3.97. The van der Waals surface area contributed by atoms with E-state index < -0.39 is 0 Å². The van der Waals surface area contributed by atoms with Crippen LogP contribution in [0.2, 0.25) is 0 Å². The Morgan fingerprint density at radius 1 is 1.30 bits per heavy atom. The van der Waals surface area contributed by atoms with Gasteiger partial charge in [-0.2, -0.15) is 0 Å². The third-order valence-electron chi connectivity index (χ3n) is 3.96. The molecule has 0 saturated carbocycles. The molecule has 110 valence electrons. The van der Waals surface area contributed by atoms with Crippen LogP contribution in [0.5, 0.6) is 5.75 Å². The van der Waals surface area contributed by atoms with Crippen molar-refractivity contribution < 1.29 is 9.53 Å². The van der Waals surface area contributed by atoms with Crippen molar-refractivity contribution in [3.63, 3.8) is 0 Å². The molecule has 0 spiro atoms. The molecule has 1 aromatic rings. The van der Waals surface area contributed by atoms with E-state index >= 15 is 0 Å². The van der Waals surface area contributed by atoms with Crippen LogP contribution in [0.25, 0.3) is 0 Å². The second kappa shape index (κ2) is 6.75. The quantitative estimate of drug-likeness (QED) is 0.915. The summed E-state index contributed by atoms with van der Waals surface area (Å²) in [4.78, 5) is 13.9. The van der Waals surface area contributed by atoms with E-state index in [0.29, 0.717) is 13.0 Å². The molecule has 1 heterocycles. The van der Waals surface area contributed by atoms with Crippen molar-refractivity contribution >= 4 is 5.91 Å². The monoisotopic (exact) mass is 276 g/mol. The van der Waals surface area contributed by atoms with Crippen molar-refractivity contribution in [2.75, 3.05) is 19.7 Å². The maximum absolute atomic E-state index is 12.0. The van der Waals surface area contributed by atoms with Crippen molar-refractivity contribution in [3.8, 4) is 5.75 Å². The zero-order valence-electron chi connectivity index (χ0n) is 12.4. The molecule has 20 heavy (non-hydrogen) atoms. The number of hydrogen-bond acceptors (Lipinski definition) is 3. The number of carbonyl (C=O) groups excluding carboxylic acids is 1. The summed E-state index contributed by atoms with van der Waals surface area (Å²) < 4.78 is 5.65. The van der Waals surface area contributed by atoms with Crippen LogP contribution in [0, 0.1) is 13.8 Å². The third-order valence-corrected chi connectivity index (χ3v) is 3.96. The predicted octanol–water partition coefficient (Wildman–Crippen LogP) is 2.02. The lowest BCUT2D eigenvalue weighted by atomic mass is 10.1. The fourth-order valence-corrected chi connectivity index (χ4v) is 2.37. The summed E-state index contributed by atoms with van der Waals surface area (Å²) in [6.45, 7) is 6.13. The first-order valence-corrected chi connectivity index (χ1v) is 7.29. The van der Waals surface area contributed by atoms with Crippen molar-refractivity contribution in [3.05, 3.63) is 29.3 Å². The summed E-state index contributed by atoms with van der Waals surface area (Å²) in [6, 6.07) is 6.26. The Labute approximate surface area is 120 Å². The Bertz CT molecular complexity index is 466. The fourth-order valence-electron chi connectivity index (χ4n) is 2.37. The van der Waals surface area contributed by atoms with Crippen LogP contribution in [0.3, 0.4) is 0 Å². The van der Waals surface area contributed by atoms with E-state index in [2.05, 4.69) is 13.8 Å². The standard InChI is InChI=1S/C16H24N2O2/c1-12-3-4-15(11-13(12)2)20-10-7-16(19)18-8-5-14(17)6-9-18/h3-4,11,14H,5-10,17H2,1-2H3. The zero-order valence-corrected chi connectivity index (χ0v) is 12.4. The molecule has 1 aromatic carbocycles. The van der Waals surface area contributed by atoms with Gasteiger partial charge in [0.15, 0.2) is 0 Å². The normalized spacial score (nSPS) is 16.2. The Morgan fingerprint density at radius 3 is 2.65 bits per heavy atom. The van der Waals surface area contributed by atoms with Gasteiger partial charge in [-0.15, -0.1) is 0 Å². The van der Waals surface area contributed by atoms with Gasteiger partial charge < -0.3 is 15.4 Å². The Morgan fingerprint density at radius 2 is 2.00 bits per heavy atom. The molecule has 2 rings (SSSR count).